The van der Waals surface area contributed by atoms with Gasteiger partial charge >= 0.3 is 5.97 Å². The molecule has 1 fully saturated rings. The summed E-state index contributed by atoms with van der Waals surface area (Å²) in [6.45, 7) is 0. The Balaban J connectivity index is 2.30. The van der Waals surface area contributed by atoms with E-state index in [2.05, 4.69) is 0 Å². The van der Waals surface area contributed by atoms with Crippen molar-refractivity contribution in [2.75, 3.05) is 5.73 Å². The predicted octanol–water partition coefficient (Wildman–Crippen LogP) is 3.16. The van der Waals surface area contributed by atoms with Crippen molar-refractivity contribution in [3.63, 3.8) is 0 Å². The molecule has 1 aromatic rings. The fourth-order valence-corrected chi connectivity index (χ4v) is 3.30. The van der Waals surface area contributed by atoms with E-state index in [4.69, 9.17) is 17.3 Å². The second kappa shape index (κ2) is 4.38. The Morgan fingerprint density at radius 3 is 2.65 bits per heavy atom. The number of hydrogen-bond acceptors (Lipinski definition) is 3. The highest BCUT2D eigenvalue weighted by Gasteiger charge is 2.45. The maximum Gasteiger partial charge on any atom is 0.320 e. The lowest BCUT2D eigenvalue weighted by Crippen LogP contribution is -2.41. The summed E-state index contributed by atoms with van der Waals surface area (Å²) in [4.78, 5) is 11.7. The maximum atomic E-state index is 13.1. The highest BCUT2D eigenvalue weighted by atomic mass is 35.5. The first-order valence-electron chi connectivity index (χ1n) is 5.11. The molecule has 17 heavy (non-hydrogen) atoms. The monoisotopic (exact) mass is 275 g/mol. The largest absolute Gasteiger partial charge is 0.480 e. The second-order valence-electron chi connectivity index (χ2n) is 4.06. The fraction of sp³-hybridized carbons (Fsp3) is 0.364. The van der Waals surface area contributed by atoms with E-state index in [-0.39, 0.29) is 10.7 Å². The van der Waals surface area contributed by atoms with Crippen LogP contribution in [0.5, 0.6) is 0 Å². The first kappa shape index (κ1) is 12.5. The van der Waals surface area contributed by atoms with Crippen molar-refractivity contribution >= 4 is 35.0 Å². The van der Waals surface area contributed by atoms with Gasteiger partial charge in [0.15, 0.2) is 0 Å². The minimum absolute atomic E-state index is 0.0169. The molecule has 2 rings (SSSR count). The number of carbonyl (C=O) groups is 1. The molecule has 1 saturated carbocycles. The second-order valence-corrected chi connectivity index (χ2v) is 5.89. The zero-order valence-electron chi connectivity index (χ0n) is 8.87. The summed E-state index contributed by atoms with van der Waals surface area (Å²) in [5.41, 5.74) is 5.43. The molecule has 0 heterocycles. The highest BCUT2D eigenvalue weighted by molar-refractivity contribution is 8.01. The first-order valence-corrected chi connectivity index (χ1v) is 6.31. The van der Waals surface area contributed by atoms with E-state index >= 15 is 0 Å². The van der Waals surface area contributed by atoms with Crippen molar-refractivity contribution in [1.82, 2.24) is 0 Å². The molecule has 0 amide bonds. The number of thioether (sulfide) groups is 1. The summed E-state index contributed by atoms with van der Waals surface area (Å²) >= 11 is 7.04. The Morgan fingerprint density at radius 2 is 2.18 bits per heavy atom. The van der Waals surface area contributed by atoms with Crippen LogP contribution in [0.3, 0.4) is 0 Å². The third kappa shape index (κ3) is 2.21. The average molecular weight is 276 g/mol. The van der Waals surface area contributed by atoms with E-state index in [9.17, 15) is 14.3 Å². The molecule has 3 nitrogen and oxygen atoms in total. The Hall–Kier alpha value is -0.940. The van der Waals surface area contributed by atoms with E-state index in [1.54, 1.807) is 0 Å². The number of hydrogen-bond donors (Lipinski definition) is 2. The van der Waals surface area contributed by atoms with Gasteiger partial charge < -0.3 is 10.8 Å². The molecule has 0 aromatic heterocycles. The van der Waals surface area contributed by atoms with Crippen LogP contribution >= 0.6 is 23.4 Å². The molecule has 0 unspecified atom stereocenters. The van der Waals surface area contributed by atoms with Crippen LogP contribution in [0.1, 0.15) is 19.3 Å². The number of nitrogens with two attached hydrogens (primary N) is 1. The normalized spacial score (nSPS) is 17.5. The maximum absolute atomic E-state index is 13.1. The molecule has 0 aliphatic heterocycles. The molecule has 0 spiro atoms. The smallest absolute Gasteiger partial charge is 0.320 e. The van der Waals surface area contributed by atoms with E-state index in [1.807, 2.05) is 0 Å². The summed E-state index contributed by atoms with van der Waals surface area (Å²) in [6.07, 6.45) is 2.08. The molecule has 0 bridgehead atoms. The quantitative estimate of drug-likeness (QED) is 0.832. The number of carboxylic acids is 1. The molecule has 3 N–H and O–H groups in total. The van der Waals surface area contributed by atoms with Gasteiger partial charge in [0.05, 0.1) is 10.7 Å². The zero-order valence-corrected chi connectivity index (χ0v) is 10.4. The summed E-state index contributed by atoms with van der Waals surface area (Å²) in [7, 11) is 0. The van der Waals surface area contributed by atoms with Gasteiger partial charge in [0.25, 0.3) is 0 Å². The molecule has 0 saturated heterocycles. The van der Waals surface area contributed by atoms with Gasteiger partial charge in [0.1, 0.15) is 10.6 Å². The van der Waals surface area contributed by atoms with Crippen molar-refractivity contribution in [2.24, 2.45) is 0 Å². The lowest BCUT2D eigenvalue weighted by atomic mass is 9.84. The summed E-state index contributed by atoms with van der Waals surface area (Å²) < 4.78 is 12.3. The topological polar surface area (TPSA) is 63.3 Å². The zero-order chi connectivity index (χ0) is 12.6. The Bertz CT molecular complexity index is 477. The Morgan fingerprint density at radius 1 is 1.53 bits per heavy atom. The summed E-state index contributed by atoms with van der Waals surface area (Å²) in [6, 6.07) is 2.51. The van der Waals surface area contributed by atoms with Gasteiger partial charge in [-0.25, -0.2) is 4.39 Å². The van der Waals surface area contributed by atoms with Gasteiger partial charge in [0, 0.05) is 4.90 Å². The summed E-state index contributed by atoms with van der Waals surface area (Å²) in [5, 5.41) is 9.39. The molecule has 1 aromatic carbocycles. The standard InChI is InChI=1S/C11H11ClFNO2S/c12-6-4-7(13)8(14)5-9(6)17-11(10(15)16)2-1-3-11/h4-5H,1-3,14H2,(H,15,16). The van der Waals surface area contributed by atoms with Gasteiger partial charge in [0.2, 0.25) is 0 Å². The SMILES string of the molecule is Nc1cc(SC2(C(=O)O)CCC2)c(Cl)cc1F. The minimum Gasteiger partial charge on any atom is -0.480 e. The number of benzene rings is 1. The number of anilines is 1. The van der Waals surface area contributed by atoms with Gasteiger partial charge in [-0.05, 0) is 31.4 Å². The van der Waals surface area contributed by atoms with Crippen molar-refractivity contribution in [1.29, 1.82) is 0 Å². The molecule has 6 heteroatoms. The van der Waals surface area contributed by atoms with Gasteiger partial charge in [-0.1, -0.05) is 11.6 Å². The van der Waals surface area contributed by atoms with Crippen molar-refractivity contribution in [3.05, 3.63) is 23.0 Å². The average Bonchev–Trinajstić information content (AvgIpc) is 2.18. The molecule has 1 aliphatic rings. The highest BCUT2D eigenvalue weighted by Crippen LogP contribution is 2.49. The summed E-state index contributed by atoms with van der Waals surface area (Å²) in [5.74, 6) is -1.44. The molecule has 1 aliphatic carbocycles. The van der Waals surface area contributed by atoms with Crippen LogP contribution in [0, 0.1) is 5.82 Å². The van der Waals surface area contributed by atoms with Gasteiger partial charge in [-0.15, -0.1) is 11.8 Å². The van der Waals surface area contributed by atoms with Crippen LogP contribution in [-0.4, -0.2) is 15.8 Å². The van der Waals surface area contributed by atoms with Crippen molar-refractivity contribution < 1.29 is 14.3 Å². The number of rotatable bonds is 3. The minimum atomic E-state index is -0.854. The van der Waals surface area contributed by atoms with Gasteiger partial charge in [-0.3, -0.25) is 4.79 Å². The van der Waals surface area contributed by atoms with Crippen LogP contribution in [0.2, 0.25) is 5.02 Å². The first-order chi connectivity index (χ1) is 7.94. The van der Waals surface area contributed by atoms with E-state index < -0.39 is 16.5 Å². The third-order valence-corrected chi connectivity index (χ3v) is 4.86. The van der Waals surface area contributed by atoms with Gasteiger partial charge in [-0.2, -0.15) is 0 Å². The van der Waals surface area contributed by atoms with Crippen LogP contribution in [0.4, 0.5) is 10.1 Å². The third-order valence-electron chi connectivity index (χ3n) is 2.91. The number of halogens is 2. The van der Waals surface area contributed by atoms with Crippen LogP contribution < -0.4 is 5.73 Å². The van der Waals surface area contributed by atoms with Crippen LogP contribution in [0.15, 0.2) is 17.0 Å². The lowest BCUT2D eigenvalue weighted by Gasteiger charge is -2.37. The number of carboxylic acid groups (broad SMARTS) is 1. The van der Waals surface area contributed by atoms with E-state index in [1.165, 1.54) is 6.07 Å². The van der Waals surface area contributed by atoms with Crippen LogP contribution in [0.25, 0.3) is 0 Å². The lowest BCUT2D eigenvalue weighted by molar-refractivity contribution is -0.142. The Labute approximate surface area is 107 Å². The molecule has 92 valence electrons. The molecule has 0 atom stereocenters. The fourth-order valence-electron chi connectivity index (χ4n) is 1.69. The van der Waals surface area contributed by atoms with E-state index in [0.717, 1.165) is 24.2 Å². The number of nitrogen functional groups attached to an aromatic ring is 1. The number of aliphatic carboxylic acids is 1. The predicted molar refractivity (Wildman–Crippen MR) is 65.9 cm³/mol. The van der Waals surface area contributed by atoms with Crippen molar-refractivity contribution in [2.45, 2.75) is 28.9 Å². The van der Waals surface area contributed by atoms with E-state index in [0.29, 0.717) is 17.7 Å². The molecule has 0 radical (unpaired) electrons. The van der Waals surface area contributed by atoms with Crippen LogP contribution in [-0.2, 0) is 4.79 Å². The van der Waals surface area contributed by atoms with Crippen molar-refractivity contribution in [3.8, 4) is 0 Å². The Kier molecular flexibility index (Phi) is 3.23. The molecular weight excluding hydrogens is 265 g/mol. The molecular formula is C11H11ClFNO2S.